The molecule has 21 heavy (non-hydrogen) atoms. The normalized spacial score (nSPS) is 18.8. The van der Waals surface area contributed by atoms with E-state index in [4.69, 9.17) is 9.72 Å². The SMILES string of the molecule is CCN(Cc1cccc(CNC(C)C)n1)CC1CCCO1. The smallest absolute Gasteiger partial charge is 0.0702 e. The summed E-state index contributed by atoms with van der Waals surface area (Å²) in [4.78, 5) is 7.19. The number of ether oxygens (including phenoxy) is 1. The molecular weight excluding hydrogens is 262 g/mol. The van der Waals surface area contributed by atoms with E-state index in [0.29, 0.717) is 12.1 Å². The molecule has 1 N–H and O–H groups in total. The predicted octanol–water partition coefficient (Wildman–Crippen LogP) is 2.58. The van der Waals surface area contributed by atoms with Crippen molar-refractivity contribution in [1.29, 1.82) is 0 Å². The summed E-state index contributed by atoms with van der Waals surface area (Å²) >= 11 is 0. The van der Waals surface area contributed by atoms with E-state index in [-0.39, 0.29) is 0 Å². The lowest BCUT2D eigenvalue weighted by Crippen LogP contribution is -2.32. The van der Waals surface area contributed by atoms with Gasteiger partial charge in [-0.25, -0.2) is 0 Å². The second-order valence-electron chi connectivity index (χ2n) is 6.12. The quantitative estimate of drug-likeness (QED) is 0.799. The Morgan fingerprint density at radius 2 is 2.19 bits per heavy atom. The fraction of sp³-hybridized carbons (Fsp3) is 0.706. The van der Waals surface area contributed by atoms with Crippen molar-refractivity contribution in [2.45, 2.75) is 58.8 Å². The van der Waals surface area contributed by atoms with Gasteiger partial charge in [0.2, 0.25) is 0 Å². The van der Waals surface area contributed by atoms with E-state index in [0.717, 1.165) is 44.2 Å². The van der Waals surface area contributed by atoms with Crippen LogP contribution in [0.2, 0.25) is 0 Å². The van der Waals surface area contributed by atoms with E-state index in [1.165, 1.54) is 12.8 Å². The molecule has 118 valence electrons. The van der Waals surface area contributed by atoms with Gasteiger partial charge in [0.25, 0.3) is 0 Å². The topological polar surface area (TPSA) is 37.4 Å². The van der Waals surface area contributed by atoms with Crippen molar-refractivity contribution in [3.63, 3.8) is 0 Å². The number of likely N-dealkylation sites (N-methyl/N-ethyl adjacent to an activating group) is 1. The van der Waals surface area contributed by atoms with Gasteiger partial charge in [-0.2, -0.15) is 0 Å². The van der Waals surface area contributed by atoms with Gasteiger partial charge in [-0.15, -0.1) is 0 Å². The maximum atomic E-state index is 5.74. The van der Waals surface area contributed by atoms with E-state index < -0.39 is 0 Å². The van der Waals surface area contributed by atoms with E-state index in [1.54, 1.807) is 0 Å². The fourth-order valence-electron chi connectivity index (χ4n) is 2.64. The van der Waals surface area contributed by atoms with Gasteiger partial charge in [0.1, 0.15) is 0 Å². The van der Waals surface area contributed by atoms with E-state index in [2.05, 4.69) is 49.2 Å². The minimum atomic E-state index is 0.413. The number of pyridine rings is 1. The van der Waals surface area contributed by atoms with Crippen molar-refractivity contribution >= 4 is 0 Å². The third kappa shape index (κ3) is 5.73. The van der Waals surface area contributed by atoms with Crippen LogP contribution in [-0.2, 0) is 17.8 Å². The maximum Gasteiger partial charge on any atom is 0.0702 e. The van der Waals surface area contributed by atoms with Gasteiger partial charge >= 0.3 is 0 Å². The van der Waals surface area contributed by atoms with Gasteiger partial charge in [-0.3, -0.25) is 9.88 Å². The van der Waals surface area contributed by atoms with Crippen LogP contribution < -0.4 is 5.32 Å². The molecule has 1 fully saturated rings. The molecule has 0 aliphatic carbocycles. The van der Waals surface area contributed by atoms with Gasteiger partial charge in [-0.1, -0.05) is 26.8 Å². The largest absolute Gasteiger partial charge is 0.377 e. The first-order chi connectivity index (χ1) is 10.2. The molecule has 1 saturated heterocycles. The molecule has 4 nitrogen and oxygen atoms in total. The predicted molar refractivity (Wildman–Crippen MR) is 86.1 cm³/mol. The van der Waals surface area contributed by atoms with E-state index in [1.807, 2.05) is 0 Å². The summed E-state index contributed by atoms with van der Waals surface area (Å²) in [5, 5.41) is 3.42. The van der Waals surface area contributed by atoms with Crippen molar-refractivity contribution in [3.05, 3.63) is 29.6 Å². The van der Waals surface area contributed by atoms with Crippen molar-refractivity contribution in [3.8, 4) is 0 Å². The highest BCUT2D eigenvalue weighted by atomic mass is 16.5. The zero-order chi connectivity index (χ0) is 15.1. The number of aromatic nitrogens is 1. The molecule has 1 aromatic heterocycles. The first-order valence-corrected chi connectivity index (χ1v) is 8.19. The van der Waals surface area contributed by atoms with Crippen LogP contribution in [0.15, 0.2) is 18.2 Å². The Labute approximate surface area is 128 Å². The lowest BCUT2D eigenvalue weighted by molar-refractivity contribution is 0.0721. The van der Waals surface area contributed by atoms with Crippen LogP contribution in [0.5, 0.6) is 0 Å². The summed E-state index contributed by atoms with van der Waals surface area (Å²) in [5.74, 6) is 0. The van der Waals surface area contributed by atoms with Crippen LogP contribution in [0.25, 0.3) is 0 Å². The molecule has 2 heterocycles. The summed E-state index contributed by atoms with van der Waals surface area (Å²) in [7, 11) is 0. The van der Waals surface area contributed by atoms with Crippen LogP contribution in [0.4, 0.5) is 0 Å². The molecule has 0 amide bonds. The average Bonchev–Trinajstić information content (AvgIpc) is 2.98. The monoisotopic (exact) mass is 291 g/mol. The Bertz CT molecular complexity index is 416. The van der Waals surface area contributed by atoms with Crippen molar-refractivity contribution in [2.24, 2.45) is 0 Å². The lowest BCUT2D eigenvalue weighted by atomic mass is 10.2. The van der Waals surface area contributed by atoms with Crippen LogP contribution in [0.3, 0.4) is 0 Å². The third-order valence-corrected chi connectivity index (χ3v) is 3.87. The van der Waals surface area contributed by atoms with Crippen LogP contribution in [-0.4, -0.2) is 41.7 Å². The highest BCUT2D eigenvalue weighted by Gasteiger charge is 2.18. The molecule has 0 saturated carbocycles. The molecule has 1 atom stereocenters. The molecule has 1 aliphatic heterocycles. The van der Waals surface area contributed by atoms with Crippen LogP contribution >= 0.6 is 0 Å². The Hall–Kier alpha value is -0.970. The van der Waals surface area contributed by atoms with Gasteiger partial charge in [0.05, 0.1) is 17.5 Å². The zero-order valence-electron chi connectivity index (χ0n) is 13.6. The van der Waals surface area contributed by atoms with Crippen molar-refractivity contribution in [2.75, 3.05) is 19.7 Å². The van der Waals surface area contributed by atoms with Gasteiger partial charge in [-0.05, 0) is 31.5 Å². The zero-order valence-corrected chi connectivity index (χ0v) is 13.6. The summed E-state index contributed by atoms with van der Waals surface area (Å²) in [6, 6.07) is 6.81. The molecule has 0 radical (unpaired) electrons. The minimum absolute atomic E-state index is 0.413. The fourth-order valence-corrected chi connectivity index (χ4v) is 2.64. The second kappa shape index (κ2) is 8.47. The van der Waals surface area contributed by atoms with Crippen LogP contribution in [0, 0.1) is 0 Å². The highest BCUT2D eigenvalue weighted by molar-refractivity contribution is 5.11. The lowest BCUT2D eigenvalue weighted by Gasteiger charge is -2.23. The number of rotatable bonds is 8. The molecule has 0 spiro atoms. The molecule has 2 rings (SSSR count). The molecule has 1 aromatic rings. The standard InChI is InChI=1S/C17H29N3O/c1-4-20(13-17-9-6-10-21-17)12-16-8-5-7-15(19-16)11-18-14(2)3/h5,7-8,14,17-18H,4,6,9-13H2,1-3H3. The first-order valence-electron chi connectivity index (χ1n) is 8.19. The molecule has 0 bridgehead atoms. The molecule has 1 aliphatic rings. The minimum Gasteiger partial charge on any atom is -0.377 e. The Morgan fingerprint density at radius 1 is 1.38 bits per heavy atom. The number of nitrogens with zero attached hydrogens (tertiary/aromatic N) is 2. The maximum absolute atomic E-state index is 5.74. The van der Waals surface area contributed by atoms with Crippen LogP contribution in [0.1, 0.15) is 45.0 Å². The van der Waals surface area contributed by atoms with Crippen molar-refractivity contribution in [1.82, 2.24) is 15.2 Å². The number of nitrogens with one attached hydrogen (secondary N) is 1. The Morgan fingerprint density at radius 3 is 2.86 bits per heavy atom. The Balaban J connectivity index is 1.88. The molecule has 0 aromatic carbocycles. The summed E-state index contributed by atoms with van der Waals surface area (Å²) < 4.78 is 5.74. The molecule has 1 unspecified atom stereocenters. The first kappa shape index (κ1) is 16.4. The third-order valence-electron chi connectivity index (χ3n) is 3.87. The van der Waals surface area contributed by atoms with E-state index >= 15 is 0 Å². The number of hydrogen-bond donors (Lipinski definition) is 1. The molecule has 4 heteroatoms. The number of hydrogen-bond acceptors (Lipinski definition) is 4. The average molecular weight is 291 g/mol. The van der Waals surface area contributed by atoms with Crippen molar-refractivity contribution < 1.29 is 4.74 Å². The molecular formula is C17H29N3O. The summed E-state index contributed by atoms with van der Waals surface area (Å²) in [6.07, 6.45) is 2.81. The van der Waals surface area contributed by atoms with Gasteiger partial charge < -0.3 is 10.1 Å². The van der Waals surface area contributed by atoms with Gasteiger partial charge in [0.15, 0.2) is 0 Å². The Kier molecular flexibility index (Phi) is 6.61. The summed E-state index contributed by atoms with van der Waals surface area (Å²) in [6.45, 7) is 11.3. The van der Waals surface area contributed by atoms with Gasteiger partial charge in [0, 0.05) is 32.3 Å². The highest BCUT2D eigenvalue weighted by Crippen LogP contribution is 2.14. The van der Waals surface area contributed by atoms with E-state index in [9.17, 15) is 0 Å². The second-order valence-corrected chi connectivity index (χ2v) is 6.12. The summed E-state index contributed by atoms with van der Waals surface area (Å²) in [5.41, 5.74) is 2.27.